The van der Waals surface area contributed by atoms with E-state index < -0.39 is 6.04 Å². The van der Waals surface area contributed by atoms with Crippen LogP contribution < -0.4 is 5.73 Å². The highest BCUT2D eigenvalue weighted by Gasteiger charge is 2.21. The van der Waals surface area contributed by atoms with Crippen LogP contribution in [0, 0.1) is 0 Å². The van der Waals surface area contributed by atoms with E-state index in [1.807, 2.05) is 0 Å². The van der Waals surface area contributed by atoms with Crippen molar-refractivity contribution in [1.82, 2.24) is 4.90 Å². The summed E-state index contributed by atoms with van der Waals surface area (Å²) < 4.78 is 0. The summed E-state index contributed by atoms with van der Waals surface area (Å²) >= 11 is 0. The summed E-state index contributed by atoms with van der Waals surface area (Å²) in [6, 6.07) is 3.43. The van der Waals surface area contributed by atoms with Crippen molar-refractivity contribution in [1.29, 1.82) is 0 Å². The number of rotatable bonds is 4. The third-order valence-electron chi connectivity index (χ3n) is 3.25. The van der Waals surface area contributed by atoms with Gasteiger partial charge in [-0.1, -0.05) is 0 Å². The number of likely N-dealkylation sites (tertiary alicyclic amines) is 1. The zero-order chi connectivity index (χ0) is 13.1. The minimum absolute atomic E-state index is 0.211. The molecule has 1 aromatic carbocycles. The molecule has 1 saturated heterocycles. The molecule has 0 bridgehead atoms. The minimum atomic E-state index is -0.591. The molecule has 0 spiro atoms. The van der Waals surface area contributed by atoms with Crippen LogP contribution in [0.1, 0.15) is 23.2 Å². The maximum absolute atomic E-state index is 12.1. The number of nitrogens with zero attached hydrogens (tertiary/aromatic N) is 1. The minimum Gasteiger partial charge on any atom is -0.504 e. The van der Waals surface area contributed by atoms with E-state index in [-0.39, 0.29) is 17.3 Å². The van der Waals surface area contributed by atoms with Gasteiger partial charge in [0.05, 0.1) is 6.04 Å². The summed E-state index contributed by atoms with van der Waals surface area (Å²) in [5, 5.41) is 18.6. The molecule has 1 heterocycles. The number of nitrogens with two attached hydrogens (primary N) is 1. The van der Waals surface area contributed by atoms with Gasteiger partial charge in [-0.2, -0.15) is 0 Å². The zero-order valence-electron chi connectivity index (χ0n) is 10.2. The van der Waals surface area contributed by atoms with Crippen LogP contribution >= 0.6 is 0 Å². The van der Waals surface area contributed by atoms with Gasteiger partial charge in [0.25, 0.3) is 0 Å². The number of phenols is 2. The first-order chi connectivity index (χ1) is 8.58. The molecule has 1 fully saturated rings. The highest BCUT2D eigenvalue weighted by molar-refractivity contribution is 6.00. The maximum atomic E-state index is 12.1. The number of ketones is 1. The van der Waals surface area contributed by atoms with Crippen LogP contribution in [-0.4, -0.2) is 46.6 Å². The van der Waals surface area contributed by atoms with Crippen molar-refractivity contribution in [2.75, 3.05) is 19.6 Å². The molecule has 5 heteroatoms. The molecule has 1 atom stereocenters. The fraction of sp³-hybridized carbons (Fsp3) is 0.462. The van der Waals surface area contributed by atoms with Crippen molar-refractivity contribution in [3.63, 3.8) is 0 Å². The molecule has 0 amide bonds. The SMILES string of the molecule is N[C@H](CN1CCCC1)C(=O)c1ccc(O)c(O)c1. The molecular weight excluding hydrogens is 232 g/mol. The van der Waals surface area contributed by atoms with Crippen molar-refractivity contribution in [2.45, 2.75) is 18.9 Å². The highest BCUT2D eigenvalue weighted by Crippen LogP contribution is 2.25. The maximum Gasteiger partial charge on any atom is 0.180 e. The van der Waals surface area contributed by atoms with Crippen LogP contribution in [0.5, 0.6) is 11.5 Å². The summed E-state index contributed by atoms with van der Waals surface area (Å²) in [6.45, 7) is 2.52. The summed E-state index contributed by atoms with van der Waals surface area (Å²) in [7, 11) is 0. The van der Waals surface area contributed by atoms with E-state index in [0.717, 1.165) is 25.9 Å². The lowest BCUT2D eigenvalue weighted by molar-refractivity contribution is 0.0942. The number of carbonyl (C=O) groups excluding carboxylic acids is 1. The molecule has 5 nitrogen and oxygen atoms in total. The molecule has 1 aromatic rings. The molecule has 0 radical (unpaired) electrons. The van der Waals surface area contributed by atoms with Crippen LogP contribution in [0.25, 0.3) is 0 Å². The van der Waals surface area contributed by atoms with Gasteiger partial charge in [0.2, 0.25) is 0 Å². The van der Waals surface area contributed by atoms with Crippen LogP contribution in [0.2, 0.25) is 0 Å². The van der Waals surface area contributed by atoms with Gasteiger partial charge in [-0.25, -0.2) is 0 Å². The molecule has 0 saturated carbocycles. The number of aromatic hydroxyl groups is 2. The van der Waals surface area contributed by atoms with Gasteiger partial charge in [-0.05, 0) is 44.1 Å². The first-order valence-electron chi connectivity index (χ1n) is 6.12. The molecule has 2 rings (SSSR count). The number of hydrogen-bond donors (Lipinski definition) is 3. The highest BCUT2D eigenvalue weighted by atomic mass is 16.3. The lowest BCUT2D eigenvalue weighted by Crippen LogP contribution is -2.41. The van der Waals surface area contributed by atoms with Crippen LogP contribution in [0.15, 0.2) is 18.2 Å². The van der Waals surface area contributed by atoms with Crippen LogP contribution in [-0.2, 0) is 0 Å². The summed E-state index contributed by atoms with van der Waals surface area (Å²) in [5.74, 6) is -0.744. The number of Topliss-reactive ketones (excluding diaryl/α,β-unsaturated/α-hetero) is 1. The Hall–Kier alpha value is -1.59. The van der Waals surface area contributed by atoms with Gasteiger partial charge in [-0.15, -0.1) is 0 Å². The second-order valence-electron chi connectivity index (χ2n) is 4.68. The van der Waals surface area contributed by atoms with Crippen molar-refractivity contribution < 1.29 is 15.0 Å². The van der Waals surface area contributed by atoms with Crippen molar-refractivity contribution >= 4 is 5.78 Å². The average molecular weight is 250 g/mol. The molecule has 1 aliphatic heterocycles. The molecule has 1 aliphatic rings. The molecule has 98 valence electrons. The molecule has 4 N–H and O–H groups in total. The predicted octanol–water partition coefficient (Wildman–Crippen LogP) is 0.704. The van der Waals surface area contributed by atoms with Crippen LogP contribution in [0.3, 0.4) is 0 Å². The van der Waals surface area contributed by atoms with E-state index >= 15 is 0 Å². The third-order valence-corrected chi connectivity index (χ3v) is 3.25. The Labute approximate surface area is 106 Å². The lowest BCUT2D eigenvalue weighted by atomic mass is 10.0. The van der Waals surface area contributed by atoms with Gasteiger partial charge < -0.3 is 20.8 Å². The predicted molar refractivity (Wildman–Crippen MR) is 67.8 cm³/mol. The van der Waals surface area contributed by atoms with Crippen molar-refractivity contribution in [3.05, 3.63) is 23.8 Å². The van der Waals surface area contributed by atoms with Gasteiger partial charge >= 0.3 is 0 Å². The van der Waals surface area contributed by atoms with E-state index in [0.29, 0.717) is 12.1 Å². The average Bonchev–Trinajstić information content (AvgIpc) is 2.84. The standard InChI is InChI=1S/C13H18N2O3/c14-10(8-15-5-1-2-6-15)13(18)9-3-4-11(16)12(17)7-9/h3-4,7,10,16-17H,1-2,5-6,8,14H2/t10-/m1/s1. The molecule has 18 heavy (non-hydrogen) atoms. The van der Waals surface area contributed by atoms with Crippen molar-refractivity contribution in [2.24, 2.45) is 5.73 Å². The fourth-order valence-corrected chi connectivity index (χ4v) is 2.22. The van der Waals surface area contributed by atoms with E-state index in [2.05, 4.69) is 4.90 Å². The quantitative estimate of drug-likeness (QED) is 0.541. The normalized spacial score (nSPS) is 17.8. The monoisotopic (exact) mass is 250 g/mol. The molecule has 0 unspecified atom stereocenters. The number of carbonyl (C=O) groups is 1. The molecular formula is C13H18N2O3. The molecule has 0 aromatic heterocycles. The second-order valence-corrected chi connectivity index (χ2v) is 4.68. The van der Waals surface area contributed by atoms with Gasteiger partial charge in [0, 0.05) is 12.1 Å². The van der Waals surface area contributed by atoms with Crippen LogP contribution in [0.4, 0.5) is 0 Å². The Balaban J connectivity index is 2.02. The number of benzene rings is 1. The Bertz CT molecular complexity index is 442. The summed E-state index contributed by atoms with van der Waals surface area (Å²) in [4.78, 5) is 14.2. The summed E-state index contributed by atoms with van der Waals surface area (Å²) in [6.07, 6.45) is 2.31. The Morgan fingerprint density at radius 3 is 2.56 bits per heavy atom. The Morgan fingerprint density at radius 1 is 1.28 bits per heavy atom. The Kier molecular flexibility index (Phi) is 3.84. The smallest absolute Gasteiger partial charge is 0.180 e. The van der Waals surface area contributed by atoms with Crippen molar-refractivity contribution in [3.8, 4) is 11.5 Å². The largest absolute Gasteiger partial charge is 0.504 e. The summed E-state index contributed by atoms with van der Waals surface area (Å²) in [5.41, 5.74) is 6.21. The number of hydrogen-bond acceptors (Lipinski definition) is 5. The lowest BCUT2D eigenvalue weighted by Gasteiger charge is -2.19. The van der Waals surface area contributed by atoms with Gasteiger partial charge in [0.1, 0.15) is 0 Å². The first-order valence-corrected chi connectivity index (χ1v) is 6.12. The first kappa shape index (κ1) is 12.9. The third kappa shape index (κ3) is 2.80. The van der Waals surface area contributed by atoms with E-state index in [4.69, 9.17) is 5.73 Å². The second kappa shape index (κ2) is 5.37. The Morgan fingerprint density at radius 2 is 1.94 bits per heavy atom. The molecule has 0 aliphatic carbocycles. The van der Waals surface area contributed by atoms with Gasteiger partial charge in [-0.3, -0.25) is 4.79 Å². The number of phenolic OH excluding ortho intramolecular Hbond substituents is 2. The van der Waals surface area contributed by atoms with E-state index in [1.54, 1.807) is 0 Å². The van der Waals surface area contributed by atoms with E-state index in [1.165, 1.54) is 18.2 Å². The fourth-order valence-electron chi connectivity index (χ4n) is 2.22. The van der Waals surface area contributed by atoms with E-state index in [9.17, 15) is 15.0 Å². The van der Waals surface area contributed by atoms with Gasteiger partial charge in [0.15, 0.2) is 17.3 Å². The topological polar surface area (TPSA) is 86.8 Å². The zero-order valence-corrected chi connectivity index (χ0v) is 10.2.